The number of hydrogen-bond acceptors (Lipinski definition) is 11. The summed E-state index contributed by atoms with van der Waals surface area (Å²) in [6.45, 7) is -0.227. The zero-order valence-electron chi connectivity index (χ0n) is 21.1. The van der Waals surface area contributed by atoms with E-state index in [2.05, 4.69) is 0 Å². The molecular formula is C27H24N2O11. The number of nitrogens with zero attached hydrogens (tertiary/aromatic N) is 2. The summed E-state index contributed by atoms with van der Waals surface area (Å²) in [4.78, 5) is 46.2. The highest BCUT2D eigenvalue weighted by atomic mass is 16.7. The lowest BCUT2D eigenvalue weighted by atomic mass is 10.1. The molecule has 4 rings (SSSR count). The van der Waals surface area contributed by atoms with Gasteiger partial charge in [-0.1, -0.05) is 30.3 Å². The van der Waals surface area contributed by atoms with Crippen LogP contribution in [0.2, 0.25) is 0 Å². The first kappa shape index (κ1) is 28.3. The Morgan fingerprint density at radius 1 is 0.800 bits per heavy atom. The van der Waals surface area contributed by atoms with Crippen LogP contribution >= 0.6 is 0 Å². The van der Waals surface area contributed by atoms with Crippen molar-refractivity contribution in [3.8, 4) is 0 Å². The monoisotopic (exact) mass is 552 g/mol. The third kappa shape index (κ3) is 6.83. The Hall–Kier alpha value is -4.72. The molecule has 3 aromatic carbocycles. The quantitative estimate of drug-likeness (QED) is 0.193. The normalized spacial score (nSPS) is 20.0. The first-order valence-corrected chi connectivity index (χ1v) is 12.0. The molecule has 0 saturated carbocycles. The highest BCUT2D eigenvalue weighted by Gasteiger charge is 2.49. The summed E-state index contributed by atoms with van der Waals surface area (Å²) in [5.41, 5.74) is 0.583. The molecule has 0 bridgehead atoms. The smallest absolute Gasteiger partial charge is 0.338 e. The first-order chi connectivity index (χ1) is 19.3. The van der Waals surface area contributed by atoms with Crippen molar-refractivity contribution in [2.45, 2.75) is 31.2 Å². The van der Waals surface area contributed by atoms with Gasteiger partial charge in [0.2, 0.25) is 0 Å². The molecular weight excluding hydrogens is 528 g/mol. The molecule has 1 heterocycles. The lowest BCUT2D eigenvalue weighted by Crippen LogP contribution is -2.41. The molecule has 1 fully saturated rings. The maximum absolute atomic E-state index is 13.0. The summed E-state index contributed by atoms with van der Waals surface area (Å²) in [6, 6.07) is 18.9. The Morgan fingerprint density at radius 2 is 1.35 bits per heavy atom. The Balaban J connectivity index is 1.51. The molecule has 1 aliphatic heterocycles. The molecule has 3 aromatic rings. The SMILES string of the molecule is CO[C@H]1O[C@@H](COC(=O)c2ccc([N+](=O)[O-])cc2)[C@@H](OC(=O)c2ccc([N+](=O)[O-])cc2)[C@H]1OCc1ccccc1. The number of ether oxygens (including phenoxy) is 5. The number of rotatable bonds is 11. The predicted molar refractivity (Wildman–Crippen MR) is 136 cm³/mol. The van der Waals surface area contributed by atoms with Crippen molar-refractivity contribution >= 4 is 23.3 Å². The van der Waals surface area contributed by atoms with E-state index in [-0.39, 0.29) is 35.7 Å². The van der Waals surface area contributed by atoms with Crippen LogP contribution in [-0.2, 0) is 30.3 Å². The van der Waals surface area contributed by atoms with Gasteiger partial charge in [0.15, 0.2) is 12.4 Å². The highest BCUT2D eigenvalue weighted by Crippen LogP contribution is 2.30. The number of methoxy groups -OCH3 is 1. The van der Waals surface area contributed by atoms with Crippen LogP contribution in [0.4, 0.5) is 11.4 Å². The fourth-order valence-corrected chi connectivity index (χ4v) is 3.97. The molecule has 0 N–H and O–H groups in total. The molecule has 0 unspecified atom stereocenters. The Kier molecular flexibility index (Phi) is 9.11. The molecule has 0 amide bonds. The molecule has 0 spiro atoms. The van der Waals surface area contributed by atoms with Crippen LogP contribution in [0.5, 0.6) is 0 Å². The van der Waals surface area contributed by atoms with Gasteiger partial charge >= 0.3 is 11.9 Å². The van der Waals surface area contributed by atoms with Crippen molar-refractivity contribution in [1.29, 1.82) is 0 Å². The minimum absolute atomic E-state index is 0.0508. The zero-order valence-corrected chi connectivity index (χ0v) is 21.1. The van der Waals surface area contributed by atoms with Crippen LogP contribution in [0.25, 0.3) is 0 Å². The van der Waals surface area contributed by atoms with Crippen LogP contribution in [0.15, 0.2) is 78.9 Å². The number of carbonyl (C=O) groups excluding carboxylic acids is 2. The zero-order chi connectivity index (χ0) is 28.6. The number of carbonyl (C=O) groups is 2. The van der Waals surface area contributed by atoms with E-state index in [1.165, 1.54) is 55.6 Å². The summed E-state index contributed by atoms with van der Waals surface area (Å²) >= 11 is 0. The molecule has 1 saturated heterocycles. The number of nitro groups is 2. The van der Waals surface area contributed by atoms with Crippen LogP contribution < -0.4 is 0 Å². The fraction of sp³-hybridized carbons (Fsp3) is 0.259. The van der Waals surface area contributed by atoms with Crippen LogP contribution in [-0.4, -0.2) is 60.1 Å². The molecule has 0 aliphatic carbocycles. The van der Waals surface area contributed by atoms with Gasteiger partial charge in [0.05, 0.1) is 27.6 Å². The number of non-ortho nitro benzene ring substituents is 2. The second-order valence-electron chi connectivity index (χ2n) is 8.62. The van der Waals surface area contributed by atoms with Gasteiger partial charge in [-0.05, 0) is 29.8 Å². The third-order valence-corrected chi connectivity index (χ3v) is 6.03. The molecule has 13 heteroatoms. The lowest BCUT2D eigenvalue weighted by Gasteiger charge is -2.24. The summed E-state index contributed by atoms with van der Waals surface area (Å²) in [5.74, 6) is -1.58. The van der Waals surface area contributed by atoms with Crippen molar-refractivity contribution in [2.75, 3.05) is 13.7 Å². The minimum atomic E-state index is -1.10. The second kappa shape index (κ2) is 12.9. The van der Waals surface area contributed by atoms with Crippen LogP contribution in [0.1, 0.15) is 26.3 Å². The van der Waals surface area contributed by atoms with E-state index in [0.717, 1.165) is 5.56 Å². The van der Waals surface area contributed by atoms with Gasteiger partial charge in [-0.15, -0.1) is 0 Å². The first-order valence-electron chi connectivity index (χ1n) is 12.0. The topological polar surface area (TPSA) is 167 Å². The molecule has 1 aliphatic rings. The van der Waals surface area contributed by atoms with Gasteiger partial charge in [-0.3, -0.25) is 20.2 Å². The highest BCUT2D eigenvalue weighted by molar-refractivity contribution is 5.90. The maximum atomic E-state index is 13.0. The van der Waals surface area contributed by atoms with Gasteiger partial charge in [0.1, 0.15) is 18.8 Å². The summed E-state index contributed by atoms with van der Waals surface area (Å²) in [5, 5.41) is 21.8. The van der Waals surface area contributed by atoms with E-state index in [9.17, 15) is 29.8 Å². The number of nitro benzene ring substituents is 2. The fourth-order valence-electron chi connectivity index (χ4n) is 3.97. The van der Waals surface area contributed by atoms with Crippen molar-refractivity contribution in [3.63, 3.8) is 0 Å². The van der Waals surface area contributed by atoms with Crippen molar-refractivity contribution in [2.24, 2.45) is 0 Å². The average Bonchev–Trinajstić information content (AvgIpc) is 3.31. The van der Waals surface area contributed by atoms with E-state index in [4.69, 9.17) is 23.7 Å². The van der Waals surface area contributed by atoms with Crippen LogP contribution in [0.3, 0.4) is 0 Å². The summed E-state index contributed by atoms with van der Waals surface area (Å²) in [6.07, 6.45) is -4.01. The third-order valence-electron chi connectivity index (χ3n) is 6.03. The maximum Gasteiger partial charge on any atom is 0.338 e. The summed E-state index contributed by atoms with van der Waals surface area (Å²) in [7, 11) is 1.38. The second-order valence-corrected chi connectivity index (χ2v) is 8.62. The van der Waals surface area contributed by atoms with Gasteiger partial charge in [-0.25, -0.2) is 9.59 Å². The Bertz CT molecular complexity index is 1350. The number of hydrogen-bond donors (Lipinski definition) is 0. The van der Waals surface area contributed by atoms with Crippen molar-refractivity contribution in [1.82, 2.24) is 0 Å². The largest absolute Gasteiger partial charge is 0.459 e. The Morgan fingerprint density at radius 3 is 1.88 bits per heavy atom. The van der Waals surface area contributed by atoms with E-state index in [1.54, 1.807) is 0 Å². The molecule has 4 atom stereocenters. The number of benzene rings is 3. The van der Waals surface area contributed by atoms with Crippen molar-refractivity contribution < 1.29 is 43.1 Å². The standard InChI is InChI=1S/C27H24N2O11/c1-36-27-24(37-15-17-5-3-2-4-6-17)23(40-26(31)19-9-13-21(14-10-19)29(34)35)22(39-27)16-38-25(30)18-7-11-20(12-8-18)28(32)33/h2-14,22-24,27H,15-16H2,1H3/t22-,23+,24+,27-/m0/s1. The van der Waals surface area contributed by atoms with Crippen molar-refractivity contribution in [3.05, 3.63) is 116 Å². The predicted octanol–water partition coefficient (Wildman–Crippen LogP) is 3.84. The van der Waals surface area contributed by atoms with Crippen LogP contribution in [0, 0.1) is 20.2 Å². The molecule has 0 aromatic heterocycles. The average molecular weight is 552 g/mol. The molecule has 40 heavy (non-hydrogen) atoms. The number of esters is 2. The van der Waals surface area contributed by atoms with Gasteiger partial charge in [0, 0.05) is 31.4 Å². The van der Waals surface area contributed by atoms with E-state index in [1.807, 2.05) is 30.3 Å². The molecule has 13 nitrogen and oxygen atoms in total. The molecule has 208 valence electrons. The van der Waals surface area contributed by atoms with Gasteiger partial charge in [-0.2, -0.15) is 0 Å². The van der Waals surface area contributed by atoms with E-state index in [0.29, 0.717) is 0 Å². The lowest BCUT2D eigenvalue weighted by molar-refractivity contribution is -0.385. The van der Waals surface area contributed by atoms with E-state index < -0.39 is 46.4 Å². The van der Waals surface area contributed by atoms with E-state index >= 15 is 0 Å². The van der Waals surface area contributed by atoms with Gasteiger partial charge < -0.3 is 23.7 Å². The minimum Gasteiger partial charge on any atom is -0.459 e. The summed E-state index contributed by atoms with van der Waals surface area (Å²) < 4.78 is 28.4. The molecule has 0 radical (unpaired) electrons. The van der Waals surface area contributed by atoms with Gasteiger partial charge in [0.25, 0.3) is 11.4 Å². The Labute approximate surface area is 227 Å².